The number of nitrogens with one attached hydrogen (secondary N) is 1. The molecule has 0 radical (unpaired) electrons. The van der Waals surface area contributed by atoms with E-state index in [4.69, 9.17) is 28.3 Å². The Labute approximate surface area is 102 Å². The van der Waals surface area contributed by atoms with Crippen molar-refractivity contribution in [1.29, 1.82) is 0 Å². The van der Waals surface area contributed by atoms with Gasteiger partial charge in [0.25, 0.3) is 0 Å². The Balaban J connectivity index is 2.77. The standard InChI is InChI=1S/C9H8Cl2N2O3/c1-13(9(15)16)8(14)12-5-2-3-6(10)7(11)4-5/h2-4H,1H3,(H,12,14)(H,15,16). The van der Waals surface area contributed by atoms with Crippen LogP contribution in [0.4, 0.5) is 15.3 Å². The van der Waals surface area contributed by atoms with Gasteiger partial charge in [-0.3, -0.25) is 0 Å². The van der Waals surface area contributed by atoms with Gasteiger partial charge in [0.05, 0.1) is 10.0 Å². The summed E-state index contributed by atoms with van der Waals surface area (Å²) in [6, 6.07) is 3.67. The first-order valence-corrected chi connectivity index (χ1v) is 4.90. The lowest BCUT2D eigenvalue weighted by molar-refractivity contribution is 0.161. The van der Waals surface area contributed by atoms with E-state index in [-0.39, 0.29) is 5.02 Å². The molecule has 1 aromatic rings. The second-order valence-corrected chi connectivity index (χ2v) is 3.72. The number of benzene rings is 1. The number of halogens is 2. The number of imide groups is 1. The number of carboxylic acid groups (broad SMARTS) is 1. The monoisotopic (exact) mass is 262 g/mol. The van der Waals surface area contributed by atoms with E-state index in [1.165, 1.54) is 18.2 Å². The number of amides is 3. The van der Waals surface area contributed by atoms with E-state index in [1.54, 1.807) is 0 Å². The highest BCUT2D eigenvalue weighted by Gasteiger charge is 2.15. The van der Waals surface area contributed by atoms with Gasteiger partial charge >= 0.3 is 12.1 Å². The van der Waals surface area contributed by atoms with E-state index in [9.17, 15) is 9.59 Å². The first-order chi connectivity index (χ1) is 7.41. The maximum absolute atomic E-state index is 11.3. The average Bonchev–Trinajstić information content (AvgIpc) is 2.22. The van der Waals surface area contributed by atoms with Gasteiger partial charge in [-0.1, -0.05) is 23.2 Å². The SMILES string of the molecule is CN(C(=O)O)C(=O)Nc1ccc(Cl)c(Cl)c1. The minimum Gasteiger partial charge on any atom is -0.465 e. The Morgan fingerprint density at radius 3 is 2.44 bits per heavy atom. The lowest BCUT2D eigenvalue weighted by Gasteiger charge is -2.12. The molecule has 0 atom stereocenters. The fraction of sp³-hybridized carbons (Fsp3) is 0.111. The molecular weight excluding hydrogens is 255 g/mol. The minimum atomic E-state index is -1.35. The number of rotatable bonds is 1. The number of hydrogen-bond acceptors (Lipinski definition) is 2. The molecule has 86 valence electrons. The molecule has 0 aromatic heterocycles. The third-order valence-electron chi connectivity index (χ3n) is 1.76. The van der Waals surface area contributed by atoms with Crippen molar-refractivity contribution in [3.05, 3.63) is 28.2 Å². The van der Waals surface area contributed by atoms with Crippen LogP contribution in [0.25, 0.3) is 0 Å². The molecule has 0 bridgehead atoms. The number of nitrogens with zero attached hydrogens (tertiary/aromatic N) is 1. The quantitative estimate of drug-likeness (QED) is 0.817. The molecule has 0 saturated heterocycles. The molecule has 0 aliphatic rings. The predicted molar refractivity (Wildman–Crippen MR) is 61.3 cm³/mol. The van der Waals surface area contributed by atoms with Crippen molar-refractivity contribution in [2.45, 2.75) is 0 Å². The van der Waals surface area contributed by atoms with Gasteiger partial charge in [-0.2, -0.15) is 0 Å². The minimum absolute atomic E-state index is 0.275. The molecule has 1 rings (SSSR count). The second kappa shape index (κ2) is 5.05. The summed E-state index contributed by atoms with van der Waals surface area (Å²) in [4.78, 5) is 22.3. The van der Waals surface area contributed by atoms with Crippen molar-refractivity contribution in [2.24, 2.45) is 0 Å². The molecule has 0 fully saturated rings. The zero-order valence-electron chi connectivity index (χ0n) is 8.20. The summed E-state index contributed by atoms with van der Waals surface area (Å²) in [5.74, 6) is 0. The van der Waals surface area contributed by atoms with Crippen LogP contribution in [0.2, 0.25) is 10.0 Å². The van der Waals surface area contributed by atoms with Gasteiger partial charge < -0.3 is 10.4 Å². The molecule has 1 aromatic carbocycles. The predicted octanol–water partition coefficient (Wildman–Crippen LogP) is 3.14. The molecule has 16 heavy (non-hydrogen) atoms. The number of hydrogen-bond donors (Lipinski definition) is 2. The number of urea groups is 1. The van der Waals surface area contributed by atoms with Gasteiger partial charge in [0.15, 0.2) is 0 Å². The topological polar surface area (TPSA) is 69.6 Å². The highest BCUT2D eigenvalue weighted by atomic mass is 35.5. The molecule has 0 aliphatic heterocycles. The Hall–Kier alpha value is -1.46. The molecule has 0 unspecified atom stereocenters. The smallest absolute Gasteiger partial charge is 0.415 e. The summed E-state index contributed by atoms with van der Waals surface area (Å²) >= 11 is 11.4. The van der Waals surface area contributed by atoms with Crippen LogP contribution in [0.3, 0.4) is 0 Å². The summed E-state index contributed by atoms with van der Waals surface area (Å²) in [6.07, 6.45) is -1.35. The average molecular weight is 263 g/mol. The highest BCUT2D eigenvalue weighted by molar-refractivity contribution is 6.42. The van der Waals surface area contributed by atoms with Crippen LogP contribution >= 0.6 is 23.2 Å². The normalized spacial score (nSPS) is 9.69. The largest absolute Gasteiger partial charge is 0.465 e. The van der Waals surface area contributed by atoms with Crippen LogP contribution in [-0.2, 0) is 0 Å². The zero-order valence-corrected chi connectivity index (χ0v) is 9.71. The Morgan fingerprint density at radius 1 is 1.31 bits per heavy atom. The van der Waals surface area contributed by atoms with Crippen molar-refractivity contribution < 1.29 is 14.7 Å². The van der Waals surface area contributed by atoms with E-state index in [0.29, 0.717) is 15.6 Å². The molecule has 2 N–H and O–H groups in total. The number of carbonyl (C=O) groups is 2. The Kier molecular flexibility index (Phi) is 3.98. The Morgan fingerprint density at radius 2 is 1.94 bits per heavy atom. The molecule has 3 amide bonds. The van der Waals surface area contributed by atoms with Crippen molar-refractivity contribution in [1.82, 2.24) is 4.90 Å². The van der Waals surface area contributed by atoms with Crippen LogP contribution in [0.5, 0.6) is 0 Å². The van der Waals surface area contributed by atoms with E-state index in [2.05, 4.69) is 5.32 Å². The fourth-order valence-corrected chi connectivity index (χ4v) is 1.17. The first-order valence-electron chi connectivity index (χ1n) is 4.14. The summed E-state index contributed by atoms with van der Waals surface area (Å²) in [6.45, 7) is 0. The van der Waals surface area contributed by atoms with E-state index in [0.717, 1.165) is 7.05 Å². The van der Waals surface area contributed by atoms with Crippen LogP contribution in [0, 0.1) is 0 Å². The molecule has 0 aliphatic carbocycles. The lowest BCUT2D eigenvalue weighted by atomic mass is 10.3. The van der Waals surface area contributed by atoms with Crippen molar-refractivity contribution in [3.63, 3.8) is 0 Å². The maximum atomic E-state index is 11.3. The van der Waals surface area contributed by atoms with Gasteiger partial charge in [0, 0.05) is 12.7 Å². The molecule has 0 saturated carbocycles. The fourth-order valence-electron chi connectivity index (χ4n) is 0.868. The molecule has 0 heterocycles. The van der Waals surface area contributed by atoms with Crippen LogP contribution in [0.1, 0.15) is 0 Å². The molecular formula is C9H8Cl2N2O3. The van der Waals surface area contributed by atoms with Crippen molar-refractivity contribution >= 4 is 41.0 Å². The highest BCUT2D eigenvalue weighted by Crippen LogP contribution is 2.25. The summed E-state index contributed by atoms with van der Waals surface area (Å²) < 4.78 is 0. The van der Waals surface area contributed by atoms with Gasteiger partial charge in [-0.05, 0) is 18.2 Å². The van der Waals surface area contributed by atoms with Crippen LogP contribution in [-0.4, -0.2) is 29.2 Å². The number of anilines is 1. The summed E-state index contributed by atoms with van der Waals surface area (Å²) in [5.41, 5.74) is 0.368. The third-order valence-corrected chi connectivity index (χ3v) is 2.50. The van der Waals surface area contributed by atoms with E-state index >= 15 is 0 Å². The first kappa shape index (κ1) is 12.6. The van der Waals surface area contributed by atoms with Crippen molar-refractivity contribution in [2.75, 3.05) is 12.4 Å². The van der Waals surface area contributed by atoms with E-state index in [1.807, 2.05) is 0 Å². The maximum Gasteiger partial charge on any atom is 0.415 e. The summed E-state index contributed by atoms with van der Waals surface area (Å²) in [5, 5.41) is 11.5. The third kappa shape index (κ3) is 3.01. The molecule has 0 spiro atoms. The van der Waals surface area contributed by atoms with Gasteiger partial charge in [0.1, 0.15) is 0 Å². The van der Waals surface area contributed by atoms with E-state index < -0.39 is 12.1 Å². The second-order valence-electron chi connectivity index (χ2n) is 2.90. The summed E-state index contributed by atoms with van der Waals surface area (Å²) in [7, 11) is 1.13. The molecule has 5 nitrogen and oxygen atoms in total. The van der Waals surface area contributed by atoms with Crippen LogP contribution in [0.15, 0.2) is 18.2 Å². The molecule has 7 heteroatoms. The van der Waals surface area contributed by atoms with Crippen LogP contribution < -0.4 is 5.32 Å². The van der Waals surface area contributed by atoms with Gasteiger partial charge in [-0.25, -0.2) is 14.5 Å². The van der Waals surface area contributed by atoms with Crippen molar-refractivity contribution in [3.8, 4) is 0 Å². The van der Waals surface area contributed by atoms with Gasteiger partial charge in [0.2, 0.25) is 0 Å². The Bertz CT molecular complexity index is 437. The zero-order chi connectivity index (χ0) is 12.3. The number of carbonyl (C=O) groups excluding carboxylic acids is 1. The van der Waals surface area contributed by atoms with Gasteiger partial charge in [-0.15, -0.1) is 0 Å². The lowest BCUT2D eigenvalue weighted by Crippen LogP contribution is -2.35.